The van der Waals surface area contributed by atoms with Gasteiger partial charge in [0.25, 0.3) is 5.91 Å². The van der Waals surface area contributed by atoms with Gasteiger partial charge >= 0.3 is 0 Å². The summed E-state index contributed by atoms with van der Waals surface area (Å²) < 4.78 is 7.60. The summed E-state index contributed by atoms with van der Waals surface area (Å²) in [5.74, 6) is 1.23. The summed E-state index contributed by atoms with van der Waals surface area (Å²) in [7, 11) is 0. The zero-order valence-electron chi connectivity index (χ0n) is 16.1. The van der Waals surface area contributed by atoms with Crippen LogP contribution in [0.25, 0.3) is 0 Å². The van der Waals surface area contributed by atoms with Crippen LogP contribution in [0.15, 0.2) is 77.5 Å². The molecular weight excluding hydrogens is 422 g/mol. The van der Waals surface area contributed by atoms with E-state index >= 15 is 0 Å². The van der Waals surface area contributed by atoms with Crippen LogP contribution in [0.3, 0.4) is 0 Å². The molecule has 1 aromatic heterocycles. The number of carbonyl (C=O) groups excluding carboxylic acids is 1. The number of nitrogens with zero attached hydrogens (tertiary/aromatic N) is 4. The number of ether oxygens (including phenoxy) is 1. The van der Waals surface area contributed by atoms with Gasteiger partial charge in [-0.3, -0.25) is 9.36 Å². The summed E-state index contributed by atoms with van der Waals surface area (Å²) in [6, 6.07) is 16.6. The lowest BCUT2D eigenvalue weighted by Gasteiger charge is -2.09. The van der Waals surface area contributed by atoms with Gasteiger partial charge in [-0.25, -0.2) is 5.43 Å². The number of amides is 1. The maximum Gasteiger partial charge on any atom is 0.250 e. The van der Waals surface area contributed by atoms with E-state index in [9.17, 15) is 4.79 Å². The van der Waals surface area contributed by atoms with E-state index in [4.69, 9.17) is 16.3 Å². The number of benzene rings is 2. The van der Waals surface area contributed by atoms with Crippen LogP contribution in [0.5, 0.6) is 5.75 Å². The first kappa shape index (κ1) is 21.6. The number of allylic oxidation sites excluding steroid dienone is 1. The van der Waals surface area contributed by atoms with E-state index in [-0.39, 0.29) is 18.3 Å². The summed E-state index contributed by atoms with van der Waals surface area (Å²) >= 11 is 7.15. The number of nitrogens with one attached hydrogen (secondary N) is 1. The average Bonchev–Trinajstić information content (AvgIpc) is 3.14. The minimum absolute atomic E-state index is 0.152. The molecule has 1 amide bonds. The number of halogens is 1. The summed E-state index contributed by atoms with van der Waals surface area (Å²) in [5.41, 5.74) is 3.41. The van der Waals surface area contributed by atoms with Crippen molar-refractivity contribution in [2.24, 2.45) is 5.10 Å². The fraction of sp³-hybridized carbons (Fsp3) is 0.143. The molecule has 0 radical (unpaired) electrons. The highest BCUT2D eigenvalue weighted by molar-refractivity contribution is 7.99. The molecule has 3 aromatic rings. The molecule has 2 aromatic carbocycles. The van der Waals surface area contributed by atoms with Crippen LogP contribution in [-0.4, -0.2) is 32.6 Å². The second-order valence-electron chi connectivity index (χ2n) is 6.03. The van der Waals surface area contributed by atoms with Crippen LogP contribution < -0.4 is 10.2 Å². The van der Waals surface area contributed by atoms with E-state index in [2.05, 4.69) is 27.3 Å². The Hall–Kier alpha value is -3.10. The predicted octanol–water partition coefficient (Wildman–Crippen LogP) is 3.94. The third-order valence-electron chi connectivity index (χ3n) is 3.82. The van der Waals surface area contributed by atoms with Crippen molar-refractivity contribution < 1.29 is 9.53 Å². The summed E-state index contributed by atoms with van der Waals surface area (Å²) in [4.78, 5) is 12.1. The highest BCUT2D eigenvalue weighted by atomic mass is 35.5. The molecule has 0 aliphatic rings. The Labute approximate surface area is 183 Å². The van der Waals surface area contributed by atoms with Gasteiger partial charge in [0.05, 0.1) is 12.0 Å². The first-order chi connectivity index (χ1) is 14.7. The van der Waals surface area contributed by atoms with Gasteiger partial charge in [-0.05, 0) is 29.8 Å². The summed E-state index contributed by atoms with van der Waals surface area (Å²) in [6.07, 6.45) is 3.33. The zero-order chi connectivity index (χ0) is 21.2. The smallest absolute Gasteiger partial charge is 0.250 e. The van der Waals surface area contributed by atoms with Crippen LogP contribution in [0, 0.1) is 0 Å². The van der Waals surface area contributed by atoms with Gasteiger partial charge in [-0.2, -0.15) is 5.10 Å². The zero-order valence-corrected chi connectivity index (χ0v) is 17.6. The van der Waals surface area contributed by atoms with E-state index < -0.39 is 0 Å². The van der Waals surface area contributed by atoms with Gasteiger partial charge in [0, 0.05) is 11.6 Å². The molecule has 0 bridgehead atoms. The molecular formula is C21H20ClN5O2S. The Kier molecular flexibility index (Phi) is 8.05. The van der Waals surface area contributed by atoms with Crippen molar-refractivity contribution >= 4 is 35.5 Å². The normalized spacial score (nSPS) is 10.8. The van der Waals surface area contributed by atoms with Crippen molar-refractivity contribution in [3.05, 3.63) is 83.7 Å². The van der Waals surface area contributed by atoms with Crippen molar-refractivity contribution in [2.45, 2.75) is 18.3 Å². The second-order valence-corrected chi connectivity index (χ2v) is 7.41. The molecule has 0 atom stereocenters. The molecule has 1 N–H and O–H groups in total. The number of carbonyl (C=O) groups is 1. The fourth-order valence-electron chi connectivity index (χ4n) is 2.40. The maximum absolute atomic E-state index is 12.1. The number of aromatic nitrogens is 3. The highest BCUT2D eigenvalue weighted by Gasteiger charge is 2.14. The van der Waals surface area contributed by atoms with Crippen molar-refractivity contribution in [3.63, 3.8) is 0 Å². The molecule has 3 rings (SSSR count). The lowest BCUT2D eigenvalue weighted by Crippen LogP contribution is -2.20. The Bertz CT molecular complexity index is 1010. The Morgan fingerprint density at radius 2 is 1.97 bits per heavy atom. The Morgan fingerprint density at radius 3 is 2.70 bits per heavy atom. The number of rotatable bonds is 10. The Balaban J connectivity index is 1.54. The molecule has 0 saturated heterocycles. The topological polar surface area (TPSA) is 81.4 Å². The van der Waals surface area contributed by atoms with Crippen LogP contribution in [-0.2, 0) is 17.9 Å². The monoisotopic (exact) mass is 441 g/mol. The van der Waals surface area contributed by atoms with Gasteiger partial charge in [-0.15, -0.1) is 16.8 Å². The van der Waals surface area contributed by atoms with E-state index in [0.717, 1.165) is 5.56 Å². The van der Waals surface area contributed by atoms with Crippen LogP contribution in [0.2, 0.25) is 5.02 Å². The van der Waals surface area contributed by atoms with Crippen molar-refractivity contribution in [2.75, 3.05) is 5.75 Å². The minimum Gasteiger partial charge on any atom is -0.486 e. The molecule has 9 heteroatoms. The Morgan fingerprint density at radius 1 is 1.20 bits per heavy atom. The summed E-state index contributed by atoms with van der Waals surface area (Å²) in [5, 5.41) is 13.6. The molecule has 0 aliphatic heterocycles. The fourth-order valence-corrected chi connectivity index (χ4v) is 3.29. The number of hydrogen-bond acceptors (Lipinski definition) is 6. The number of hydrogen-bond donors (Lipinski definition) is 1. The molecule has 0 spiro atoms. The third-order valence-corrected chi connectivity index (χ3v) is 5.04. The van der Waals surface area contributed by atoms with E-state index in [1.54, 1.807) is 36.6 Å². The number of thioether (sulfide) groups is 1. The standard InChI is InChI=1S/C21H20ClN5O2S/c1-2-12-27-19(14-29-18-10-8-17(22)9-11-18)24-26-21(27)30-15-20(28)25-23-13-16-6-4-3-5-7-16/h2-11,13H,1,12,14-15H2,(H,25,28). The van der Waals surface area contributed by atoms with Gasteiger partial charge < -0.3 is 4.74 Å². The highest BCUT2D eigenvalue weighted by Crippen LogP contribution is 2.20. The van der Waals surface area contributed by atoms with Gasteiger partial charge in [-0.1, -0.05) is 59.8 Å². The predicted molar refractivity (Wildman–Crippen MR) is 119 cm³/mol. The molecule has 0 saturated carbocycles. The van der Waals surface area contributed by atoms with E-state index in [1.165, 1.54) is 11.8 Å². The average molecular weight is 442 g/mol. The quantitative estimate of drug-likeness (QED) is 0.223. The molecule has 0 unspecified atom stereocenters. The van der Waals surface area contributed by atoms with E-state index in [1.807, 2.05) is 34.9 Å². The van der Waals surface area contributed by atoms with Crippen molar-refractivity contribution in [1.82, 2.24) is 20.2 Å². The SMILES string of the molecule is C=CCn1c(COc2ccc(Cl)cc2)nnc1SCC(=O)NN=Cc1ccccc1. The first-order valence-corrected chi connectivity index (χ1v) is 10.4. The molecule has 7 nitrogen and oxygen atoms in total. The molecule has 154 valence electrons. The van der Waals surface area contributed by atoms with Gasteiger partial charge in [0.1, 0.15) is 12.4 Å². The van der Waals surface area contributed by atoms with Crippen LogP contribution in [0.1, 0.15) is 11.4 Å². The molecule has 0 fully saturated rings. The number of hydrazone groups is 1. The molecule has 30 heavy (non-hydrogen) atoms. The van der Waals surface area contributed by atoms with Crippen LogP contribution in [0.4, 0.5) is 0 Å². The van der Waals surface area contributed by atoms with Gasteiger partial charge in [0.2, 0.25) is 0 Å². The van der Waals surface area contributed by atoms with Gasteiger partial charge in [0.15, 0.2) is 11.0 Å². The lowest BCUT2D eigenvalue weighted by atomic mass is 10.2. The largest absolute Gasteiger partial charge is 0.486 e. The second kappa shape index (κ2) is 11.2. The first-order valence-electron chi connectivity index (χ1n) is 9.07. The van der Waals surface area contributed by atoms with Crippen molar-refractivity contribution in [3.8, 4) is 5.75 Å². The molecule has 1 heterocycles. The molecule has 0 aliphatic carbocycles. The third kappa shape index (κ3) is 6.47. The van der Waals surface area contributed by atoms with Crippen molar-refractivity contribution in [1.29, 1.82) is 0 Å². The maximum atomic E-state index is 12.1. The van der Waals surface area contributed by atoms with E-state index in [0.29, 0.717) is 28.3 Å². The lowest BCUT2D eigenvalue weighted by molar-refractivity contribution is -0.118. The summed E-state index contributed by atoms with van der Waals surface area (Å²) in [6.45, 7) is 4.51. The minimum atomic E-state index is -0.237. The van der Waals surface area contributed by atoms with Crippen LogP contribution >= 0.6 is 23.4 Å².